The molecule has 0 unspecified atom stereocenters. The van der Waals surface area contributed by atoms with Crippen LogP contribution in [0.5, 0.6) is 0 Å². The van der Waals surface area contributed by atoms with E-state index in [4.69, 9.17) is 0 Å². The molecular formula is C11H8F6. The van der Waals surface area contributed by atoms with Crippen LogP contribution in [0.3, 0.4) is 0 Å². The van der Waals surface area contributed by atoms with Crippen molar-refractivity contribution in [2.75, 3.05) is 0 Å². The van der Waals surface area contributed by atoms with E-state index in [0.29, 0.717) is 18.9 Å². The molecule has 94 valence electrons. The SMILES string of the molecule is FC(F)(F)c1cccc(C2CC2)c1C(F)(F)F. The number of halogens is 6. The maximum Gasteiger partial charge on any atom is 0.417 e. The summed E-state index contributed by atoms with van der Waals surface area (Å²) in [7, 11) is 0. The summed E-state index contributed by atoms with van der Waals surface area (Å²) in [5, 5.41) is 0. The number of benzene rings is 1. The van der Waals surface area contributed by atoms with Crippen molar-refractivity contribution >= 4 is 0 Å². The smallest absolute Gasteiger partial charge is 0.166 e. The molecule has 0 atom stereocenters. The Morgan fingerprint density at radius 1 is 0.882 bits per heavy atom. The first-order chi connectivity index (χ1) is 7.71. The van der Waals surface area contributed by atoms with Crippen LogP contribution in [0.25, 0.3) is 0 Å². The van der Waals surface area contributed by atoms with E-state index in [1.807, 2.05) is 0 Å². The van der Waals surface area contributed by atoms with Crippen molar-refractivity contribution in [2.45, 2.75) is 31.1 Å². The zero-order valence-corrected chi connectivity index (χ0v) is 8.49. The highest BCUT2D eigenvalue weighted by Crippen LogP contribution is 2.49. The molecule has 17 heavy (non-hydrogen) atoms. The summed E-state index contributed by atoms with van der Waals surface area (Å²) in [6.45, 7) is 0. The van der Waals surface area contributed by atoms with E-state index in [0.717, 1.165) is 12.1 Å². The standard InChI is InChI=1S/C11H8F6/c12-10(13,14)8-3-1-2-7(6-4-5-6)9(8)11(15,16)17/h1-3,6H,4-5H2. The van der Waals surface area contributed by atoms with Crippen LogP contribution in [0.1, 0.15) is 35.4 Å². The monoisotopic (exact) mass is 254 g/mol. The summed E-state index contributed by atoms with van der Waals surface area (Å²) in [5.74, 6) is -0.381. The fourth-order valence-corrected chi connectivity index (χ4v) is 1.86. The Bertz CT molecular complexity index is 425. The quantitative estimate of drug-likeness (QED) is 0.642. The molecule has 1 fully saturated rings. The highest BCUT2D eigenvalue weighted by Gasteiger charge is 2.46. The second kappa shape index (κ2) is 3.65. The first kappa shape index (κ1) is 12.3. The fraction of sp³-hybridized carbons (Fsp3) is 0.455. The lowest BCUT2D eigenvalue weighted by molar-refractivity contribution is -0.162. The van der Waals surface area contributed by atoms with Gasteiger partial charge in [0.2, 0.25) is 0 Å². The maximum absolute atomic E-state index is 12.7. The van der Waals surface area contributed by atoms with Crippen molar-refractivity contribution in [2.24, 2.45) is 0 Å². The molecule has 0 heterocycles. The molecule has 0 nitrogen and oxygen atoms in total. The Morgan fingerprint density at radius 2 is 1.47 bits per heavy atom. The van der Waals surface area contributed by atoms with Gasteiger partial charge < -0.3 is 0 Å². The minimum absolute atomic E-state index is 0.229. The van der Waals surface area contributed by atoms with Gasteiger partial charge in [0.15, 0.2) is 0 Å². The lowest BCUT2D eigenvalue weighted by atomic mass is 9.97. The molecule has 0 radical (unpaired) electrons. The van der Waals surface area contributed by atoms with Crippen LogP contribution in [-0.4, -0.2) is 0 Å². The lowest BCUT2D eigenvalue weighted by Crippen LogP contribution is -2.18. The molecular weight excluding hydrogens is 246 g/mol. The van der Waals surface area contributed by atoms with Gasteiger partial charge in [0.05, 0.1) is 11.1 Å². The number of hydrogen-bond donors (Lipinski definition) is 0. The van der Waals surface area contributed by atoms with Gasteiger partial charge in [-0.1, -0.05) is 12.1 Å². The van der Waals surface area contributed by atoms with Crippen molar-refractivity contribution in [1.82, 2.24) is 0 Å². The normalized spacial score (nSPS) is 17.3. The summed E-state index contributed by atoms with van der Waals surface area (Å²) < 4.78 is 75.8. The van der Waals surface area contributed by atoms with E-state index in [2.05, 4.69) is 0 Å². The molecule has 6 heteroatoms. The van der Waals surface area contributed by atoms with Crippen LogP contribution >= 0.6 is 0 Å². The van der Waals surface area contributed by atoms with Crippen molar-refractivity contribution < 1.29 is 26.3 Å². The predicted molar refractivity (Wildman–Crippen MR) is 48.4 cm³/mol. The van der Waals surface area contributed by atoms with Gasteiger partial charge >= 0.3 is 12.4 Å². The Hall–Kier alpha value is -1.20. The van der Waals surface area contributed by atoms with E-state index in [9.17, 15) is 26.3 Å². The molecule has 1 aromatic rings. The van der Waals surface area contributed by atoms with Gasteiger partial charge in [0.1, 0.15) is 0 Å². The van der Waals surface area contributed by atoms with Gasteiger partial charge in [-0.3, -0.25) is 0 Å². The molecule has 0 aromatic heterocycles. The molecule has 2 rings (SSSR count). The second-order valence-corrected chi connectivity index (χ2v) is 4.04. The molecule has 1 aliphatic carbocycles. The first-order valence-corrected chi connectivity index (χ1v) is 4.98. The third-order valence-corrected chi connectivity index (χ3v) is 2.70. The number of alkyl halides is 6. The topological polar surface area (TPSA) is 0 Å². The molecule has 0 amide bonds. The van der Waals surface area contributed by atoms with E-state index >= 15 is 0 Å². The van der Waals surface area contributed by atoms with Crippen LogP contribution < -0.4 is 0 Å². The van der Waals surface area contributed by atoms with Crippen LogP contribution in [0, 0.1) is 0 Å². The fourth-order valence-electron chi connectivity index (χ4n) is 1.86. The van der Waals surface area contributed by atoms with Crippen LogP contribution in [0.15, 0.2) is 18.2 Å². The Balaban J connectivity index is 2.63. The second-order valence-electron chi connectivity index (χ2n) is 4.04. The molecule has 0 aliphatic heterocycles. The van der Waals surface area contributed by atoms with Gasteiger partial charge in [-0.15, -0.1) is 0 Å². The van der Waals surface area contributed by atoms with Gasteiger partial charge in [0, 0.05) is 0 Å². The molecule has 0 bridgehead atoms. The highest BCUT2D eigenvalue weighted by molar-refractivity contribution is 5.42. The zero-order chi connectivity index (χ0) is 12.8. The van der Waals surface area contributed by atoms with Gasteiger partial charge in [-0.2, -0.15) is 26.3 Å². The third-order valence-electron chi connectivity index (χ3n) is 2.70. The Labute approximate surface area is 93.2 Å². The average Bonchev–Trinajstić information content (AvgIpc) is 2.96. The summed E-state index contributed by atoms with van der Waals surface area (Å²) in [5.41, 5.74) is -3.34. The maximum atomic E-state index is 12.7. The summed E-state index contributed by atoms with van der Waals surface area (Å²) in [4.78, 5) is 0. The minimum Gasteiger partial charge on any atom is -0.166 e. The molecule has 1 saturated carbocycles. The molecule has 1 aliphatic rings. The summed E-state index contributed by atoms with van der Waals surface area (Å²) >= 11 is 0. The average molecular weight is 254 g/mol. The summed E-state index contributed by atoms with van der Waals surface area (Å²) in [6, 6.07) is 2.65. The van der Waals surface area contributed by atoms with Gasteiger partial charge in [0.25, 0.3) is 0 Å². The largest absolute Gasteiger partial charge is 0.417 e. The third kappa shape index (κ3) is 2.40. The molecule has 0 saturated heterocycles. The van der Waals surface area contributed by atoms with Crippen molar-refractivity contribution in [1.29, 1.82) is 0 Å². The van der Waals surface area contributed by atoms with Crippen molar-refractivity contribution in [3.05, 3.63) is 34.9 Å². The van der Waals surface area contributed by atoms with E-state index in [1.165, 1.54) is 0 Å². The molecule has 1 aromatic carbocycles. The minimum atomic E-state index is -4.98. The van der Waals surface area contributed by atoms with Gasteiger partial charge in [-0.05, 0) is 30.4 Å². The van der Waals surface area contributed by atoms with Crippen LogP contribution in [0.4, 0.5) is 26.3 Å². The highest BCUT2D eigenvalue weighted by atomic mass is 19.4. The molecule has 0 N–H and O–H groups in total. The van der Waals surface area contributed by atoms with Crippen LogP contribution in [0.2, 0.25) is 0 Å². The zero-order valence-electron chi connectivity index (χ0n) is 8.49. The van der Waals surface area contributed by atoms with E-state index < -0.39 is 23.5 Å². The van der Waals surface area contributed by atoms with Crippen LogP contribution in [-0.2, 0) is 12.4 Å². The summed E-state index contributed by atoms with van der Waals surface area (Å²) in [6.07, 6.45) is -8.91. The van der Waals surface area contributed by atoms with E-state index in [1.54, 1.807) is 0 Å². The Morgan fingerprint density at radius 3 is 1.88 bits per heavy atom. The molecule has 0 spiro atoms. The Kier molecular flexibility index (Phi) is 2.63. The van der Waals surface area contributed by atoms with E-state index in [-0.39, 0.29) is 11.5 Å². The predicted octanol–water partition coefficient (Wildman–Crippen LogP) is 4.60. The first-order valence-electron chi connectivity index (χ1n) is 4.98. The number of hydrogen-bond acceptors (Lipinski definition) is 0. The number of rotatable bonds is 1. The lowest BCUT2D eigenvalue weighted by Gasteiger charge is -2.18. The van der Waals surface area contributed by atoms with Crippen molar-refractivity contribution in [3.8, 4) is 0 Å². The van der Waals surface area contributed by atoms with Gasteiger partial charge in [-0.25, -0.2) is 0 Å². The van der Waals surface area contributed by atoms with Crippen molar-refractivity contribution in [3.63, 3.8) is 0 Å².